The number of benzene rings is 2. The van der Waals surface area contributed by atoms with Crippen molar-refractivity contribution in [1.29, 1.82) is 0 Å². The summed E-state index contributed by atoms with van der Waals surface area (Å²) in [4.78, 5) is 14.6. The second-order valence-electron chi connectivity index (χ2n) is 9.63. The molecule has 0 radical (unpaired) electrons. The van der Waals surface area contributed by atoms with Gasteiger partial charge in [-0.2, -0.15) is 13.2 Å². The largest absolute Gasteiger partial charge is 0.416 e. The number of aromatic nitrogens is 3. The van der Waals surface area contributed by atoms with Gasteiger partial charge in [0.25, 0.3) is 5.91 Å². The maximum Gasteiger partial charge on any atom is 0.416 e. The number of methoxy groups -OCH3 is 1. The lowest BCUT2D eigenvalue weighted by atomic mass is 9.56. The lowest BCUT2D eigenvalue weighted by Gasteiger charge is -2.53. The predicted molar refractivity (Wildman–Crippen MR) is 120 cm³/mol. The summed E-state index contributed by atoms with van der Waals surface area (Å²) in [5.41, 5.74) is 0.451. The van der Waals surface area contributed by atoms with Gasteiger partial charge in [0.2, 0.25) is 0 Å². The molecule has 1 aliphatic heterocycles. The van der Waals surface area contributed by atoms with Gasteiger partial charge >= 0.3 is 6.18 Å². The molecule has 3 aromatic rings. The van der Waals surface area contributed by atoms with Crippen LogP contribution >= 0.6 is 0 Å². The second kappa shape index (κ2) is 7.40. The first-order valence-corrected chi connectivity index (χ1v) is 11.0. The summed E-state index contributed by atoms with van der Waals surface area (Å²) in [6.07, 6.45) is -1.55. The van der Waals surface area contributed by atoms with Crippen LogP contribution in [0.15, 0.2) is 42.7 Å². The van der Waals surface area contributed by atoms with Crippen LogP contribution in [0.4, 0.5) is 18.9 Å². The first kappa shape index (κ1) is 22.6. The van der Waals surface area contributed by atoms with Gasteiger partial charge in [-0.1, -0.05) is 12.1 Å². The SMILES string of the molecule is COC1(C)CC(c2cccc(N3Cc4c(cc(C)cc4C(F)(F)F)C3=O)c2)(c2nncn2C)C1. The van der Waals surface area contributed by atoms with Gasteiger partial charge in [-0.15, -0.1) is 10.2 Å². The van der Waals surface area contributed by atoms with Crippen molar-refractivity contribution in [2.24, 2.45) is 7.05 Å². The summed E-state index contributed by atoms with van der Waals surface area (Å²) in [6, 6.07) is 10.1. The van der Waals surface area contributed by atoms with Crippen LogP contribution in [0.2, 0.25) is 0 Å². The van der Waals surface area contributed by atoms with E-state index >= 15 is 0 Å². The number of amides is 1. The van der Waals surface area contributed by atoms with Gasteiger partial charge in [-0.25, -0.2) is 0 Å². The topological polar surface area (TPSA) is 60.2 Å². The Balaban J connectivity index is 1.56. The standard InChI is InChI=1S/C25H25F3N4O2/c1-15-8-18-19(20(9-15)25(26,27)28)11-32(21(18)33)17-7-5-6-16(10-17)24(12-23(2,13-24)34-4)22-30-29-14-31(22)3/h5-10,14H,11-13H2,1-4H3. The van der Waals surface area contributed by atoms with Crippen LogP contribution in [0.1, 0.15) is 58.2 Å². The first-order chi connectivity index (χ1) is 16.0. The third-order valence-electron chi connectivity index (χ3n) is 7.19. The van der Waals surface area contributed by atoms with Gasteiger partial charge in [0.1, 0.15) is 12.2 Å². The van der Waals surface area contributed by atoms with E-state index in [-0.39, 0.29) is 23.3 Å². The van der Waals surface area contributed by atoms with E-state index in [4.69, 9.17) is 4.74 Å². The highest BCUT2D eigenvalue weighted by atomic mass is 19.4. The average molecular weight is 470 g/mol. The van der Waals surface area contributed by atoms with Gasteiger partial charge in [-0.05, 0) is 67.6 Å². The Morgan fingerprint density at radius 3 is 2.50 bits per heavy atom. The molecule has 0 saturated heterocycles. The molecule has 0 atom stereocenters. The van der Waals surface area contributed by atoms with E-state index in [1.165, 1.54) is 11.0 Å². The summed E-state index contributed by atoms with van der Waals surface area (Å²) >= 11 is 0. The number of carbonyl (C=O) groups is 1. The third kappa shape index (κ3) is 3.33. The summed E-state index contributed by atoms with van der Waals surface area (Å²) in [6.45, 7) is 3.48. The maximum atomic E-state index is 13.7. The van der Waals surface area contributed by atoms with E-state index in [9.17, 15) is 18.0 Å². The molecule has 1 aromatic heterocycles. The highest BCUT2D eigenvalue weighted by Gasteiger charge is 2.57. The molecule has 0 spiro atoms. The van der Waals surface area contributed by atoms with Crippen molar-refractivity contribution in [2.45, 2.75) is 50.4 Å². The Bertz CT molecular complexity index is 1290. The molecule has 178 valence electrons. The fourth-order valence-corrected chi connectivity index (χ4v) is 5.56. The van der Waals surface area contributed by atoms with Crippen LogP contribution in [-0.4, -0.2) is 33.4 Å². The molecule has 9 heteroatoms. The van der Waals surface area contributed by atoms with Gasteiger partial charge in [0, 0.05) is 25.4 Å². The molecule has 2 heterocycles. The Labute approximate surface area is 195 Å². The molecule has 34 heavy (non-hydrogen) atoms. The van der Waals surface area contributed by atoms with Crippen LogP contribution < -0.4 is 4.90 Å². The zero-order chi connectivity index (χ0) is 24.5. The zero-order valence-corrected chi connectivity index (χ0v) is 19.4. The number of fused-ring (bicyclic) bond motifs is 1. The molecule has 1 aliphatic carbocycles. The molecule has 6 nitrogen and oxygen atoms in total. The Kier molecular flexibility index (Phi) is 4.91. The molecule has 2 aromatic carbocycles. The highest BCUT2D eigenvalue weighted by Crippen LogP contribution is 2.55. The van der Waals surface area contributed by atoms with Crippen LogP contribution in [0.5, 0.6) is 0 Å². The fraction of sp³-hybridized carbons (Fsp3) is 0.400. The quantitative estimate of drug-likeness (QED) is 0.550. The number of ether oxygens (including phenoxy) is 1. The smallest absolute Gasteiger partial charge is 0.378 e. The molecular formula is C25H25F3N4O2. The van der Waals surface area contributed by atoms with Crippen LogP contribution in [-0.2, 0) is 29.9 Å². The van der Waals surface area contributed by atoms with Crippen molar-refractivity contribution in [3.63, 3.8) is 0 Å². The summed E-state index contributed by atoms with van der Waals surface area (Å²) in [7, 11) is 3.56. The van der Waals surface area contributed by atoms with Crippen molar-refractivity contribution in [3.8, 4) is 0 Å². The summed E-state index contributed by atoms with van der Waals surface area (Å²) in [5, 5.41) is 8.41. The molecule has 0 unspecified atom stereocenters. The number of aryl methyl sites for hydroxylation is 2. The van der Waals surface area contributed by atoms with Gasteiger partial charge in [-0.3, -0.25) is 4.79 Å². The molecule has 0 N–H and O–H groups in total. The summed E-state index contributed by atoms with van der Waals surface area (Å²) < 4.78 is 48.7. The van der Waals surface area contributed by atoms with Crippen molar-refractivity contribution < 1.29 is 22.7 Å². The van der Waals surface area contributed by atoms with Crippen LogP contribution in [0.25, 0.3) is 0 Å². The van der Waals surface area contributed by atoms with Crippen molar-refractivity contribution in [1.82, 2.24) is 14.8 Å². The minimum Gasteiger partial charge on any atom is -0.378 e. The lowest BCUT2D eigenvalue weighted by molar-refractivity contribution is -0.138. The van der Waals surface area contributed by atoms with Gasteiger partial charge in [0.05, 0.1) is 23.1 Å². The minimum absolute atomic E-state index is 0.0205. The number of rotatable bonds is 4. The number of nitrogens with zero attached hydrogens (tertiary/aromatic N) is 4. The Morgan fingerprint density at radius 1 is 1.15 bits per heavy atom. The first-order valence-electron chi connectivity index (χ1n) is 11.0. The maximum absolute atomic E-state index is 13.7. The van der Waals surface area contributed by atoms with E-state index < -0.39 is 23.1 Å². The van der Waals surface area contributed by atoms with Gasteiger partial charge in [0.15, 0.2) is 0 Å². The molecule has 0 bridgehead atoms. The monoisotopic (exact) mass is 470 g/mol. The molecule has 1 amide bonds. The van der Waals surface area contributed by atoms with Crippen molar-refractivity contribution >= 4 is 11.6 Å². The molecule has 1 fully saturated rings. The van der Waals surface area contributed by atoms with E-state index in [2.05, 4.69) is 10.2 Å². The van der Waals surface area contributed by atoms with Gasteiger partial charge < -0.3 is 14.2 Å². The average Bonchev–Trinajstić information content (AvgIpc) is 3.34. The van der Waals surface area contributed by atoms with E-state index in [0.717, 1.165) is 17.5 Å². The predicted octanol–water partition coefficient (Wildman–Crippen LogP) is 4.79. The van der Waals surface area contributed by atoms with Crippen LogP contribution in [0.3, 0.4) is 0 Å². The fourth-order valence-electron chi connectivity index (χ4n) is 5.56. The number of anilines is 1. The molecule has 1 saturated carbocycles. The second-order valence-corrected chi connectivity index (χ2v) is 9.63. The number of hydrogen-bond acceptors (Lipinski definition) is 4. The van der Waals surface area contributed by atoms with Crippen molar-refractivity contribution in [3.05, 3.63) is 76.4 Å². The number of alkyl halides is 3. The summed E-state index contributed by atoms with van der Waals surface area (Å²) in [5.74, 6) is 0.356. The number of hydrogen-bond donors (Lipinski definition) is 0. The van der Waals surface area contributed by atoms with Crippen molar-refractivity contribution in [2.75, 3.05) is 12.0 Å². The molecule has 2 aliphatic rings. The highest BCUT2D eigenvalue weighted by molar-refractivity contribution is 6.10. The lowest BCUT2D eigenvalue weighted by Crippen LogP contribution is -2.55. The normalized spacial score (nSPS) is 24.3. The van der Waals surface area contributed by atoms with E-state index in [0.29, 0.717) is 24.1 Å². The minimum atomic E-state index is -4.53. The van der Waals surface area contributed by atoms with Crippen LogP contribution in [0, 0.1) is 6.92 Å². The molecular weight excluding hydrogens is 445 g/mol. The molecule has 5 rings (SSSR count). The van der Waals surface area contributed by atoms with E-state index in [1.807, 2.05) is 36.7 Å². The number of carbonyl (C=O) groups excluding carboxylic acids is 1. The Hall–Kier alpha value is -3.20. The third-order valence-corrected chi connectivity index (χ3v) is 7.19. The zero-order valence-electron chi connectivity index (χ0n) is 19.4. The number of halogens is 3. The Morgan fingerprint density at radius 2 is 1.88 bits per heavy atom. The van der Waals surface area contributed by atoms with E-state index in [1.54, 1.807) is 26.4 Å².